The van der Waals surface area contributed by atoms with E-state index in [1.807, 2.05) is 17.0 Å². The van der Waals surface area contributed by atoms with Crippen molar-refractivity contribution in [1.82, 2.24) is 4.90 Å². The summed E-state index contributed by atoms with van der Waals surface area (Å²) in [5.41, 5.74) is 2.32. The average molecular weight is 354 g/mol. The summed E-state index contributed by atoms with van der Waals surface area (Å²) in [6.07, 6.45) is 9.47. The van der Waals surface area contributed by atoms with Crippen molar-refractivity contribution in [2.24, 2.45) is 11.8 Å². The Bertz CT molecular complexity index is 664. The van der Waals surface area contributed by atoms with Crippen molar-refractivity contribution in [3.05, 3.63) is 29.8 Å². The Morgan fingerprint density at radius 3 is 2.15 bits per heavy atom. The highest BCUT2D eigenvalue weighted by Crippen LogP contribution is 2.36. The Hall–Kier alpha value is -1.84. The number of anilines is 1. The summed E-state index contributed by atoms with van der Waals surface area (Å²) >= 11 is 0. The van der Waals surface area contributed by atoms with Crippen LogP contribution in [0, 0.1) is 11.8 Å². The van der Waals surface area contributed by atoms with Gasteiger partial charge in [0.2, 0.25) is 11.8 Å². The standard InChI is InChI=1S/C22H30N2O2/c25-21(23-14-7-1-2-8-15-23)18-10-4-5-11-19(18)22(26)24-16-13-17-9-3-6-12-20(17)24/h3,6,9,12,18-19H,1-2,4-5,7-8,10-11,13-16H2. The van der Waals surface area contributed by atoms with E-state index in [1.54, 1.807) is 0 Å². The lowest BCUT2D eigenvalue weighted by Gasteiger charge is -2.35. The molecule has 1 aliphatic carbocycles. The van der Waals surface area contributed by atoms with Crippen LogP contribution in [-0.4, -0.2) is 36.3 Å². The summed E-state index contributed by atoms with van der Waals surface area (Å²) in [6.45, 7) is 2.52. The summed E-state index contributed by atoms with van der Waals surface area (Å²) in [5, 5.41) is 0. The van der Waals surface area contributed by atoms with Crippen molar-refractivity contribution >= 4 is 17.5 Å². The molecule has 4 nitrogen and oxygen atoms in total. The molecule has 0 bridgehead atoms. The summed E-state index contributed by atoms with van der Waals surface area (Å²) in [7, 11) is 0. The van der Waals surface area contributed by atoms with Crippen LogP contribution in [0.4, 0.5) is 5.69 Å². The molecule has 2 unspecified atom stereocenters. The second-order valence-electron chi connectivity index (χ2n) is 8.11. The maximum absolute atomic E-state index is 13.4. The highest BCUT2D eigenvalue weighted by Gasteiger charge is 2.41. The van der Waals surface area contributed by atoms with Gasteiger partial charge in [0, 0.05) is 31.2 Å². The molecular weight excluding hydrogens is 324 g/mol. The molecule has 3 aliphatic rings. The summed E-state index contributed by atoms with van der Waals surface area (Å²) in [4.78, 5) is 30.6. The van der Waals surface area contributed by atoms with Crippen LogP contribution < -0.4 is 4.90 Å². The monoisotopic (exact) mass is 354 g/mol. The molecule has 2 atom stereocenters. The van der Waals surface area contributed by atoms with Crippen molar-refractivity contribution in [2.45, 2.75) is 57.8 Å². The minimum Gasteiger partial charge on any atom is -0.342 e. The second-order valence-corrected chi connectivity index (χ2v) is 8.11. The van der Waals surface area contributed by atoms with Crippen LogP contribution in [0.2, 0.25) is 0 Å². The van der Waals surface area contributed by atoms with Crippen LogP contribution in [0.15, 0.2) is 24.3 Å². The lowest BCUT2D eigenvalue weighted by molar-refractivity contribution is -0.142. The maximum atomic E-state index is 13.4. The third-order valence-corrected chi connectivity index (χ3v) is 6.47. The molecule has 1 saturated heterocycles. The fourth-order valence-electron chi connectivity index (χ4n) is 5.01. The van der Waals surface area contributed by atoms with E-state index >= 15 is 0 Å². The molecular formula is C22H30N2O2. The topological polar surface area (TPSA) is 40.6 Å². The van der Waals surface area contributed by atoms with Crippen LogP contribution in [0.25, 0.3) is 0 Å². The maximum Gasteiger partial charge on any atom is 0.230 e. The van der Waals surface area contributed by atoms with Crippen molar-refractivity contribution in [1.29, 1.82) is 0 Å². The molecule has 2 heterocycles. The molecule has 2 amide bonds. The molecule has 26 heavy (non-hydrogen) atoms. The van der Waals surface area contributed by atoms with Gasteiger partial charge in [0.25, 0.3) is 0 Å². The number of fused-ring (bicyclic) bond motifs is 1. The first-order valence-electron chi connectivity index (χ1n) is 10.4. The molecule has 0 radical (unpaired) electrons. The molecule has 1 aromatic carbocycles. The molecule has 1 saturated carbocycles. The number of nitrogens with zero attached hydrogens (tertiary/aromatic N) is 2. The predicted molar refractivity (Wildman–Crippen MR) is 103 cm³/mol. The lowest BCUT2D eigenvalue weighted by atomic mass is 9.77. The number of carbonyl (C=O) groups excluding carboxylic acids is 2. The van der Waals surface area contributed by atoms with Gasteiger partial charge in [0.15, 0.2) is 0 Å². The van der Waals surface area contributed by atoms with Crippen molar-refractivity contribution < 1.29 is 9.59 Å². The Balaban J connectivity index is 1.52. The number of amides is 2. The number of likely N-dealkylation sites (tertiary alicyclic amines) is 1. The van der Waals surface area contributed by atoms with Gasteiger partial charge in [0.1, 0.15) is 0 Å². The number of hydrogen-bond acceptors (Lipinski definition) is 2. The third kappa shape index (κ3) is 3.38. The van der Waals surface area contributed by atoms with Crippen molar-refractivity contribution in [2.75, 3.05) is 24.5 Å². The average Bonchev–Trinajstić information content (AvgIpc) is 2.93. The molecule has 4 rings (SSSR count). The Labute approximate surface area is 156 Å². The van der Waals surface area contributed by atoms with Crippen LogP contribution in [-0.2, 0) is 16.0 Å². The first-order chi connectivity index (χ1) is 12.8. The smallest absolute Gasteiger partial charge is 0.230 e. The summed E-state index contributed by atoms with van der Waals surface area (Å²) < 4.78 is 0. The molecule has 4 heteroatoms. The van der Waals surface area contributed by atoms with Crippen LogP contribution in [0.5, 0.6) is 0 Å². The molecule has 1 aromatic rings. The van der Waals surface area contributed by atoms with Gasteiger partial charge in [0.05, 0.1) is 5.92 Å². The first-order valence-corrected chi connectivity index (χ1v) is 10.4. The van der Waals surface area contributed by atoms with Gasteiger partial charge in [-0.15, -0.1) is 0 Å². The number of hydrogen-bond donors (Lipinski definition) is 0. The van der Waals surface area contributed by atoms with Gasteiger partial charge in [-0.2, -0.15) is 0 Å². The Morgan fingerprint density at radius 2 is 1.42 bits per heavy atom. The second kappa shape index (κ2) is 7.81. The van der Waals surface area contributed by atoms with Crippen LogP contribution in [0.1, 0.15) is 56.9 Å². The van der Waals surface area contributed by atoms with Gasteiger partial charge in [-0.1, -0.05) is 43.9 Å². The van der Waals surface area contributed by atoms with E-state index in [2.05, 4.69) is 17.0 Å². The Morgan fingerprint density at radius 1 is 0.769 bits per heavy atom. The first kappa shape index (κ1) is 17.6. The molecule has 0 N–H and O–H groups in total. The predicted octanol–water partition coefficient (Wildman–Crippen LogP) is 3.78. The fraction of sp³-hybridized carbons (Fsp3) is 0.636. The number of benzene rings is 1. The van der Waals surface area contributed by atoms with Gasteiger partial charge in [-0.25, -0.2) is 0 Å². The molecule has 2 aliphatic heterocycles. The minimum atomic E-state index is -0.134. The quantitative estimate of drug-likeness (QED) is 0.811. The zero-order valence-electron chi connectivity index (χ0n) is 15.7. The van der Waals surface area contributed by atoms with Crippen LogP contribution in [0.3, 0.4) is 0 Å². The number of para-hydroxylation sites is 1. The lowest BCUT2D eigenvalue weighted by Crippen LogP contribution is -2.46. The fourth-order valence-corrected chi connectivity index (χ4v) is 5.01. The Kier molecular flexibility index (Phi) is 5.28. The van der Waals surface area contributed by atoms with E-state index in [1.165, 1.54) is 18.4 Å². The van der Waals surface area contributed by atoms with Gasteiger partial charge in [-0.05, 0) is 43.7 Å². The highest BCUT2D eigenvalue weighted by molar-refractivity contribution is 5.99. The van der Waals surface area contributed by atoms with Gasteiger partial charge < -0.3 is 9.80 Å². The van der Waals surface area contributed by atoms with Crippen molar-refractivity contribution in [3.8, 4) is 0 Å². The summed E-state index contributed by atoms with van der Waals surface area (Å²) in [5.74, 6) is 0.188. The molecule has 0 spiro atoms. The van der Waals surface area contributed by atoms with E-state index < -0.39 is 0 Å². The largest absolute Gasteiger partial charge is 0.342 e. The van der Waals surface area contributed by atoms with E-state index in [4.69, 9.17) is 0 Å². The highest BCUT2D eigenvalue weighted by atomic mass is 16.2. The third-order valence-electron chi connectivity index (χ3n) is 6.47. The minimum absolute atomic E-state index is 0.109. The summed E-state index contributed by atoms with van der Waals surface area (Å²) in [6, 6.07) is 8.21. The van der Waals surface area contributed by atoms with Gasteiger partial charge >= 0.3 is 0 Å². The number of carbonyl (C=O) groups is 2. The number of rotatable bonds is 2. The zero-order chi connectivity index (χ0) is 17.9. The van der Waals surface area contributed by atoms with Crippen molar-refractivity contribution in [3.63, 3.8) is 0 Å². The van der Waals surface area contributed by atoms with Gasteiger partial charge in [-0.3, -0.25) is 9.59 Å². The normalized spacial score (nSPS) is 26.3. The molecule has 140 valence electrons. The van der Waals surface area contributed by atoms with E-state index in [0.717, 1.165) is 70.3 Å². The molecule has 0 aromatic heterocycles. The zero-order valence-corrected chi connectivity index (χ0v) is 15.7. The molecule has 2 fully saturated rings. The van der Waals surface area contributed by atoms with E-state index in [0.29, 0.717) is 0 Å². The SMILES string of the molecule is O=C(C1CCCCC1C(=O)N1CCc2ccccc21)N1CCCCCC1. The van der Waals surface area contributed by atoms with Crippen LogP contribution >= 0.6 is 0 Å². The van der Waals surface area contributed by atoms with E-state index in [9.17, 15) is 9.59 Å². The van der Waals surface area contributed by atoms with E-state index in [-0.39, 0.29) is 23.7 Å².